The first kappa shape index (κ1) is 25.1. The number of carbonyl (C=O) groups is 1. The molecule has 0 amide bonds. The fourth-order valence-electron chi connectivity index (χ4n) is 3.09. The van der Waals surface area contributed by atoms with E-state index in [2.05, 4.69) is 16.9 Å². The average Bonchev–Trinajstić information content (AvgIpc) is 2.80. The van der Waals surface area contributed by atoms with E-state index in [1.807, 2.05) is 26.0 Å². The van der Waals surface area contributed by atoms with Crippen LogP contribution in [0.15, 0.2) is 36.7 Å². The number of hydrogen-bond acceptors (Lipinski definition) is 5. The van der Waals surface area contributed by atoms with Crippen molar-refractivity contribution < 1.29 is 14.3 Å². The Kier molecular flexibility index (Phi) is 11.4. The van der Waals surface area contributed by atoms with Crippen LogP contribution < -0.4 is 9.47 Å². The first-order valence-electron chi connectivity index (χ1n) is 11.5. The zero-order valence-electron chi connectivity index (χ0n) is 19.0. The number of nitrogens with zero attached hydrogens (tertiary/aromatic N) is 2. The maximum Gasteiger partial charge on any atom is 0.329 e. The van der Waals surface area contributed by atoms with Gasteiger partial charge < -0.3 is 9.47 Å². The van der Waals surface area contributed by atoms with Crippen LogP contribution in [-0.4, -0.2) is 27.9 Å². The van der Waals surface area contributed by atoms with Gasteiger partial charge in [-0.1, -0.05) is 77.8 Å². The van der Waals surface area contributed by atoms with E-state index in [-0.39, 0.29) is 5.92 Å². The molecule has 0 saturated heterocycles. The number of hydrogen-bond donors (Lipinski definition) is 0. The molecule has 0 radical (unpaired) electrons. The molecule has 31 heavy (non-hydrogen) atoms. The summed E-state index contributed by atoms with van der Waals surface area (Å²) >= 11 is 6.15. The molecule has 1 aromatic heterocycles. The van der Waals surface area contributed by atoms with E-state index < -0.39 is 11.3 Å². The highest BCUT2D eigenvalue weighted by Crippen LogP contribution is 2.23. The molecule has 0 spiro atoms. The second kappa shape index (κ2) is 14.0. The van der Waals surface area contributed by atoms with Crippen molar-refractivity contribution in [2.24, 2.45) is 5.92 Å². The van der Waals surface area contributed by atoms with Crippen molar-refractivity contribution in [3.05, 3.63) is 36.7 Å². The number of unbranched alkanes of at least 4 members (excludes halogenated alkanes) is 6. The van der Waals surface area contributed by atoms with Crippen LogP contribution in [0.3, 0.4) is 0 Å². The number of carbonyl (C=O) groups excluding carboxylic acids is 1. The molecule has 1 aromatic carbocycles. The minimum absolute atomic E-state index is 0.0668. The molecule has 2 atom stereocenters. The van der Waals surface area contributed by atoms with Gasteiger partial charge in [-0.3, -0.25) is 4.79 Å². The molecule has 0 fully saturated rings. The summed E-state index contributed by atoms with van der Waals surface area (Å²) in [5.41, 5.74) is 1.80. The third-order valence-electron chi connectivity index (χ3n) is 5.38. The number of ether oxygens (including phenoxy) is 2. The summed E-state index contributed by atoms with van der Waals surface area (Å²) in [6, 6.07) is 7.63. The molecule has 5 nitrogen and oxygen atoms in total. The lowest BCUT2D eigenvalue weighted by atomic mass is 10.1. The Labute approximate surface area is 191 Å². The molecule has 6 heteroatoms. The third-order valence-corrected chi connectivity index (χ3v) is 5.99. The standard InChI is InChI=1S/C25H35ClN2O3/c1-4-6-7-8-9-10-11-16-30-25-27-17-21(18-28-25)20-12-14-22(15-13-20)31-24(29)23(26)19(3)5-2/h12-15,17-19,23H,4-11,16H2,1-3H3/t19-,23-/m0/s1. The lowest BCUT2D eigenvalue weighted by Gasteiger charge is -2.15. The summed E-state index contributed by atoms with van der Waals surface area (Å²) < 4.78 is 11.0. The smallest absolute Gasteiger partial charge is 0.329 e. The minimum atomic E-state index is -0.647. The van der Waals surface area contributed by atoms with Gasteiger partial charge in [-0.05, 0) is 30.0 Å². The number of alkyl halides is 1. The van der Waals surface area contributed by atoms with Gasteiger partial charge in [-0.25, -0.2) is 9.97 Å². The summed E-state index contributed by atoms with van der Waals surface area (Å²) in [6.45, 7) is 6.81. The van der Waals surface area contributed by atoms with Crippen LogP contribution in [-0.2, 0) is 4.79 Å². The molecule has 0 saturated carbocycles. The molecular weight excluding hydrogens is 412 g/mol. The van der Waals surface area contributed by atoms with E-state index in [1.54, 1.807) is 24.5 Å². The predicted octanol–water partition coefficient (Wildman–Crippen LogP) is 6.83. The lowest BCUT2D eigenvalue weighted by molar-refractivity contribution is -0.134. The molecule has 0 aliphatic carbocycles. The van der Waals surface area contributed by atoms with Crippen LogP contribution >= 0.6 is 11.6 Å². The minimum Gasteiger partial charge on any atom is -0.463 e. The van der Waals surface area contributed by atoms with Crippen LogP contribution in [0, 0.1) is 5.92 Å². The fraction of sp³-hybridized carbons (Fsp3) is 0.560. The topological polar surface area (TPSA) is 61.3 Å². The van der Waals surface area contributed by atoms with E-state index >= 15 is 0 Å². The first-order chi connectivity index (χ1) is 15.0. The molecule has 0 unspecified atom stereocenters. The molecule has 0 aliphatic rings. The van der Waals surface area contributed by atoms with Crippen LogP contribution in [0.2, 0.25) is 0 Å². The van der Waals surface area contributed by atoms with Gasteiger partial charge in [-0.2, -0.15) is 0 Å². The van der Waals surface area contributed by atoms with Crippen molar-refractivity contribution in [1.29, 1.82) is 0 Å². The molecule has 0 N–H and O–H groups in total. The van der Waals surface area contributed by atoms with Gasteiger partial charge in [-0.15, -0.1) is 11.6 Å². The van der Waals surface area contributed by atoms with Gasteiger partial charge in [0.1, 0.15) is 11.1 Å². The maximum atomic E-state index is 12.1. The highest BCUT2D eigenvalue weighted by Gasteiger charge is 2.23. The van der Waals surface area contributed by atoms with Crippen molar-refractivity contribution in [3.63, 3.8) is 0 Å². The molecule has 1 heterocycles. The number of aromatic nitrogens is 2. The van der Waals surface area contributed by atoms with E-state index in [9.17, 15) is 4.79 Å². The van der Waals surface area contributed by atoms with Crippen molar-refractivity contribution in [1.82, 2.24) is 9.97 Å². The normalized spacial score (nSPS) is 12.9. The largest absolute Gasteiger partial charge is 0.463 e. The van der Waals surface area contributed by atoms with Gasteiger partial charge in [0.05, 0.1) is 6.61 Å². The van der Waals surface area contributed by atoms with Crippen molar-refractivity contribution in [2.75, 3.05) is 6.61 Å². The van der Waals surface area contributed by atoms with Crippen molar-refractivity contribution >= 4 is 17.6 Å². The molecule has 0 bridgehead atoms. The van der Waals surface area contributed by atoms with E-state index in [0.29, 0.717) is 18.4 Å². The SMILES string of the molecule is CCCCCCCCCOc1ncc(-c2ccc(OC(=O)[C@@H](Cl)[C@@H](C)CC)cc2)cn1. The predicted molar refractivity (Wildman–Crippen MR) is 126 cm³/mol. The van der Waals surface area contributed by atoms with Gasteiger partial charge in [0.2, 0.25) is 0 Å². The van der Waals surface area contributed by atoms with Gasteiger partial charge in [0.15, 0.2) is 0 Å². The molecular formula is C25H35ClN2O3. The Hall–Kier alpha value is -2.14. The fourth-order valence-corrected chi connectivity index (χ4v) is 3.31. The first-order valence-corrected chi connectivity index (χ1v) is 11.9. The van der Waals surface area contributed by atoms with Crippen molar-refractivity contribution in [2.45, 2.75) is 77.5 Å². The highest BCUT2D eigenvalue weighted by atomic mass is 35.5. The summed E-state index contributed by atoms with van der Waals surface area (Å²) in [4.78, 5) is 20.7. The van der Waals surface area contributed by atoms with Crippen LogP contribution in [0.4, 0.5) is 0 Å². The van der Waals surface area contributed by atoms with Crippen LogP contribution in [0.1, 0.15) is 72.1 Å². The zero-order valence-corrected chi connectivity index (χ0v) is 19.7. The van der Waals surface area contributed by atoms with E-state index in [4.69, 9.17) is 21.1 Å². The average molecular weight is 447 g/mol. The third kappa shape index (κ3) is 8.86. The maximum absolute atomic E-state index is 12.1. The molecule has 170 valence electrons. The summed E-state index contributed by atoms with van der Waals surface area (Å²) in [5.74, 6) is 0.116. The Morgan fingerprint density at radius 1 is 0.935 bits per heavy atom. The zero-order chi connectivity index (χ0) is 22.5. The van der Waals surface area contributed by atoms with Gasteiger partial charge >= 0.3 is 12.0 Å². The van der Waals surface area contributed by atoms with Crippen molar-refractivity contribution in [3.8, 4) is 22.9 Å². The van der Waals surface area contributed by atoms with Gasteiger partial charge in [0.25, 0.3) is 0 Å². The second-order valence-corrected chi connectivity index (χ2v) is 8.43. The number of benzene rings is 1. The number of rotatable bonds is 14. The van der Waals surface area contributed by atoms with E-state index in [1.165, 1.54) is 38.5 Å². The number of halogens is 1. The summed E-state index contributed by atoms with van der Waals surface area (Å²) in [6.07, 6.45) is 13.0. The molecule has 0 aliphatic heterocycles. The molecule has 2 rings (SSSR count). The monoisotopic (exact) mass is 446 g/mol. The molecule has 2 aromatic rings. The quantitative estimate of drug-likeness (QED) is 0.138. The Morgan fingerprint density at radius 2 is 1.55 bits per heavy atom. The van der Waals surface area contributed by atoms with Gasteiger partial charge in [0, 0.05) is 18.0 Å². The Bertz CT molecular complexity index is 765. The Morgan fingerprint density at radius 3 is 2.16 bits per heavy atom. The van der Waals surface area contributed by atoms with Crippen LogP contribution in [0.5, 0.6) is 11.8 Å². The Balaban J connectivity index is 1.77. The second-order valence-electron chi connectivity index (χ2n) is 7.96. The van der Waals surface area contributed by atoms with E-state index in [0.717, 1.165) is 24.0 Å². The number of esters is 1. The van der Waals surface area contributed by atoms with Crippen LogP contribution in [0.25, 0.3) is 11.1 Å². The summed E-state index contributed by atoms with van der Waals surface area (Å²) in [7, 11) is 0. The highest BCUT2D eigenvalue weighted by molar-refractivity contribution is 6.30. The summed E-state index contributed by atoms with van der Waals surface area (Å²) in [5, 5.41) is -0.647. The lowest BCUT2D eigenvalue weighted by Crippen LogP contribution is -2.26.